The zero-order valence-corrected chi connectivity index (χ0v) is 15.0. The number of rotatable bonds is 5. The molecule has 1 aromatic rings. The molecule has 2 aliphatic rings. The maximum Gasteiger partial charge on any atom is 0.268 e. The molecule has 24 heavy (non-hydrogen) atoms. The summed E-state index contributed by atoms with van der Waals surface area (Å²) < 4.78 is 5.49. The maximum absolute atomic E-state index is 13.0. The highest BCUT2D eigenvalue weighted by Gasteiger charge is 2.29. The molecule has 1 fully saturated rings. The molecule has 0 bridgehead atoms. The molecule has 1 saturated carbocycles. The van der Waals surface area contributed by atoms with Crippen molar-refractivity contribution in [2.45, 2.75) is 25.8 Å². The smallest absolute Gasteiger partial charge is 0.268 e. The van der Waals surface area contributed by atoms with Gasteiger partial charge in [-0.2, -0.15) is 0 Å². The number of thioether (sulfide) groups is 1. The predicted molar refractivity (Wildman–Crippen MR) is 96.1 cm³/mol. The van der Waals surface area contributed by atoms with E-state index in [1.807, 2.05) is 0 Å². The molecule has 128 valence electrons. The van der Waals surface area contributed by atoms with Gasteiger partial charge in [-0.3, -0.25) is 14.5 Å². The van der Waals surface area contributed by atoms with E-state index >= 15 is 0 Å². The second kappa shape index (κ2) is 7.49. The lowest BCUT2D eigenvalue weighted by Crippen LogP contribution is -2.42. The SMILES string of the molecule is CC1=C(C(=O)N(CC(=O)NC2CC2)c2ccc(Cl)cc2)SCCO1. The lowest BCUT2D eigenvalue weighted by Gasteiger charge is -2.26. The number of anilines is 1. The van der Waals surface area contributed by atoms with Gasteiger partial charge in [-0.05, 0) is 44.0 Å². The molecular weight excluding hydrogens is 348 g/mol. The lowest BCUT2D eigenvalue weighted by atomic mass is 10.2. The standard InChI is InChI=1S/C17H19ClN2O3S/c1-11-16(24-9-8-23-11)17(22)20(10-15(21)19-13-4-5-13)14-6-2-12(18)3-7-14/h2-3,6-7,13H,4-5,8-10H2,1H3,(H,19,21). The molecule has 1 aromatic carbocycles. The van der Waals surface area contributed by atoms with Gasteiger partial charge in [0, 0.05) is 22.5 Å². The van der Waals surface area contributed by atoms with Gasteiger partial charge in [-0.15, -0.1) is 11.8 Å². The molecule has 2 amide bonds. The molecule has 1 aliphatic carbocycles. The molecule has 0 radical (unpaired) electrons. The van der Waals surface area contributed by atoms with Crippen LogP contribution in [0.2, 0.25) is 5.02 Å². The number of allylic oxidation sites excluding steroid dienone is 1. The van der Waals surface area contributed by atoms with Crippen LogP contribution in [0.25, 0.3) is 0 Å². The van der Waals surface area contributed by atoms with Crippen molar-refractivity contribution in [3.8, 4) is 0 Å². The number of hydrogen-bond donors (Lipinski definition) is 1. The molecule has 0 spiro atoms. The molecule has 0 aromatic heterocycles. The van der Waals surface area contributed by atoms with Crippen molar-refractivity contribution in [2.75, 3.05) is 23.8 Å². The number of ether oxygens (including phenoxy) is 1. The number of carbonyl (C=O) groups is 2. The van der Waals surface area contributed by atoms with Crippen molar-refractivity contribution < 1.29 is 14.3 Å². The molecule has 0 atom stereocenters. The van der Waals surface area contributed by atoms with Crippen molar-refractivity contribution >= 4 is 40.9 Å². The fraction of sp³-hybridized carbons (Fsp3) is 0.412. The summed E-state index contributed by atoms with van der Waals surface area (Å²) in [5, 5.41) is 3.50. The second-order valence-electron chi connectivity index (χ2n) is 5.79. The van der Waals surface area contributed by atoms with E-state index in [4.69, 9.17) is 16.3 Å². The minimum Gasteiger partial charge on any atom is -0.496 e. The quantitative estimate of drug-likeness (QED) is 0.870. The van der Waals surface area contributed by atoms with Crippen molar-refractivity contribution in [3.63, 3.8) is 0 Å². The Morgan fingerprint density at radius 2 is 2.04 bits per heavy atom. The first-order valence-corrected chi connectivity index (χ1v) is 9.24. The summed E-state index contributed by atoms with van der Waals surface area (Å²) >= 11 is 7.40. The Kier molecular flexibility index (Phi) is 5.36. The number of carbonyl (C=O) groups excluding carboxylic acids is 2. The van der Waals surface area contributed by atoms with E-state index in [-0.39, 0.29) is 24.4 Å². The minimum absolute atomic E-state index is 0.0195. The monoisotopic (exact) mass is 366 g/mol. The first kappa shape index (κ1) is 17.2. The average molecular weight is 367 g/mol. The van der Waals surface area contributed by atoms with E-state index in [0.717, 1.165) is 18.6 Å². The fourth-order valence-corrected chi connectivity index (χ4v) is 3.38. The topological polar surface area (TPSA) is 58.6 Å². The van der Waals surface area contributed by atoms with Gasteiger partial charge in [0.05, 0.1) is 6.61 Å². The largest absolute Gasteiger partial charge is 0.496 e. The zero-order valence-electron chi connectivity index (χ0n) is 13.4. The highest BCUT2D eigenvalue weighted by atomic mass is 35.5. The van der Waals surface area contributed by atoms with Crippen molar-refractivity contribution in [3.05, 3.63) is 40.0 Å². The summed E-state index contributed by atoms with van der Waals surface area (Å²) in [5.74, 6) is 0.963. The van der Waals surface area contributed by atoms with Gasteiger partial charge in [-0.25, -0.2) is 0 Å². The minimum atomic E-state index is -0.217. The molecule has 1 heterocycles. The predicted octanol–water partition coefficient (Wildman–Crippen LogP) is 2.95. The van der Waals surface area contributed by atoms with Gasteiger partial charge in [0.2, 0.25) is 5.91 Å². The molecule has 5 nitrogen and oxygen atoms in total. The fourth-order valence-electron chi connectivity index (χ4n) is 2.39. The summed E-state index contributed by atoms with van der Waals surface area (Å²) in [6.45, 7) is 2.36. The van der Waals surface area contributed by atoms with E-state index < -0.39 is 0 Å². The Hall–Kier alpha value is -1.66. The number of benzene rings is 1. The summed E-state index contributed by atoms with van der Waals surface area (Å²) in [7, 11) is 0. The second-order valence-corrected chi connectivity index (χ2v) is 7.33. The van der Waals surface area contributed by atoms with Crippen molar-refractivity contribution in [1.29, 1.82) is 0 Å². The summed E-state index contributed by atoms with van der Waals surface area (Å²) in [6.07, 6.45) is 2.02. The molecule has 0 saturated heterocycles. The summed E-state index contributed by atoms with van der Waals surface area (Å²) in [4.78, 5) is 27.2. The summed E-state index contributed by atoms with van der Waals surface area (Å²) in [5.41, 5.74) is 0.641. The molecule has 1 N–H and O–H groups in total. The first-order valence-electron chi connectivity index (χ1n) is 7.88. The highest BCUT2D eigenvalue weighted by Crippen LogP contribution is 2.29. The van der Waals surface area contributed by atoms with Crippen LogP contribution in [0.1, 0.15) is 19.8 Å². The zero-order chi connectivity index (χ0) is 17.1. The van der Waals surface area contributed by atoms with Crippen LogP contribution in [0.15, 0.2) is 34.9 Å². The number of nitrogens with one attached hydrogen (secondary N) is 1. The third kappa shape index (κ3) is 4.24. The molecule has 1 aliphatic heterocycles. The average Bonchev–Trinajstić information content (AvgIpc) is 3.37. The van der Waals surface area contributed by atoms with Crippen LogP contribution in [0, 0.1) is 0 Å². The van der Waals surface area contributed by atoms with E-state index in [0.29, 0.717) is 28.0 Å². The lowest BCUT2D eigenvalue weighted by molar-refractivity contribution is -0.122. The van der Waals surface area contributed by atoms with Gasteiger partial charge in [0.25, 0.3) is 5.91 Å². The third-order valence-corrected chi connectivity index (χ3v) is 5.16. The molecule has 7 heteroatoms. The number of nitrogens with zero attached hydrogens (tertiary/aromatic N) is 1. The van der Waals surface area contributed by atoms with Gasteiger partial charge < -0.3 is 10.1 Å². The molecule has 0 unspecified atom stereocenters. The van der Waals surface area contributed by atoms with Gasteiger partial charge in [0.1, 0.15) is 17.2 Å². The van der Waals surface area contributed by atoms with Gasteiger partial charge in [0.15, 0.2) is 0 Å². The van der Waals surface area contributed by atoms with E-state index in [2.05, 4.69) is 5.32 Å². The Morgan fingerprint density at radius 1 is 1.33 bits per heavy atom. The number of halogens is 1. The van der Waals surface area contributed by atoms with Crippen LogP contribution >= 0.6 is 23.4 Å². The maximum atomic E-state index is 13.0. The normalized spacial score (nSPS) is 17.2. The summed E-state index contributed by atoms with van der Waals surface area (Å²) in [6, 6.07) is 7.17. The van der Waals surface area contributed by atoms with Crippen LogP contribution in [0.3, 0.4) is 0 Å². The number of amides is 2. The van der Waals surface area contributed by atoms with Crippen molar-refractivity contribution in [1.82, 2.24) is 5.32 Å². The highest BCUT2D eigenvalue weighted by molar-refractivity contribution is 8.04. The van der Waals surface area contributed by atoms with Crippen LogP contribution in [-0.2, 0) is 14.3 Å². The van der Waals surface area contributed by atoms with Crippen molar-refractivity contribution in [2.24, 2.45) is 0 Å². The van der Waals surface area contributed by atoms with E-state index in [1.165, 1.54) is 16.7 Å². The third-order valence-electron chi connectivity index (χ3n) is 3.79. The van der Waals surface area contributed by atoms with Crippen LogP contribution in [-0.4, -0.2) is 36.8 Å². The Bertz CT molecular complexity index is 671. The van der Waals surface area contributed by atoms with E-state index in [1.54, 1.807) is 31.2 Å². The Morgan fingerprint density at radius 3 is 2.67 bits per heavy atom. The van der Waals surface area contributed by atoms with E-state index in [9.17, 15) is 9.59 Å². The Labute approximate surface area is 150 Å². The Balaban J connectivity index is 1.83. The van der Waals surface area contributed by atoms with Crippen LogP contribution in [0.5, 0.6) is 0 Å². The van der Waals surface area contributed by atoms with Gasteiger partial charge >= 0.3 is 0 Å². The first-order chi connectivity index (χ1) is 11.5. The van der Waals surface area contributed by atoms with Gasteiger partial charge in [-0.1, -0.05) is 11.6 Å². The van der Waals surface area contributed by atoms with Crippen LogP contribution < -0.4 is 10.2 Å². The number of hydrogen-bond acceptors (Lipinski definition) is 4. The molecular formula is C17H19ClN2O3S. The molecule has 3 rings (SSSR count). The van der Waals surface area contributed by atoms with Crippen LogP contribution in [0.4, 0.5) is 5.69 Å².